The first-order valence-corrected chi connectivity index (χ1v) is 13.4. The van der Waals surface area contributed by atoms with E-state index in [-0.39, 0.29) is 29.6 Å². The maximum atomic E-state index is 14.1. The van der Waals surface area contributed by atoms with Gasteiger partial charge in [-0.3, -0.25) is 4.79 Å². The number of carbonyl (C=O) groups is 2. The maximum Gasteiger partial charge on any atom is 0.414 e. The minimum absolute atomic E-state index is 0.00386. The molecule has 1 saturated carbocycles. The van der Waals surface area contributed by atoms with Gasteiger partial charge in [0.2, 0.25) is 0 Å². The number of rotatable bonds is 11. The first kappa shape index (κ1) is 30.5. The van der Waals surface area contributed by atoms with Crippen LogP contribution in [0.25, 0.3) is 5.65 Å². The molecular weight excluding hydrogens is 587 g/mol. The number of halogens is 5. The monoisotopic (exact) mass is 616 g/mol. The third-order valence-electron chi connectivity index (χ3n) is 7.25. The van der Waals surface area contributed by atoms with Gasteiger partial charge in [0.25, 0.3) is 11.8 Å². The van der Waals surface area contributed by atoms with E-state index in [9.17, 15) is 31.5 Å². The summed E-state index contributed by atoms with van der Waals surface area (Å²) in [4.78, 5) is 31.1. The van der Waals surface area contributed by atoms with E-state index in [4.69, 9.17) is 14.1 Å². The van der Waals surface area contributed by atoms with Gasteiger partial charge in [-0.15, -0.1) is 0 Å². The quantitative estimate of drug-likeness (QED) is 0.310. The van der Waals surface area contributed by atoms with Crippen molar-refractivity contribution < 1.29 is 45.6 Å². The van der Waals surface area contributed by atoms with E-state index in [0.717, 1.165) is 24.7 Å². The molecule has 0 aromatic carbocycles. The van der Waals surface area contributed by atoms with Crippen LogP contribution in [0.1, 0.15) is 72.1 Å². The largest absolute Gasteiger partial charge is 0.414 e. The lowest BCUT2D eigenvalue weighted by atomic mass is 10.1. The summed E-state index contributed by atoms with van der Waals surface area (Å²) in [6.45, 7) is 0.412. The first-order chi connectivity index (χ1) is 20.3. The molecule has 1 aliphatic carbocycles. The highest BCUT2D eigenvalue weighted by Gasteiger charge is 2.43. The number of nitrogens with zero attached hydrogens (tertiary/aromatic N) is 6. The molecule has 13 nitrogen and oxygen atoms in total. The van der Waals surface area contributed by atoms with Crippen LogP contribution in [-0.4, -0.2) is 92.9 Å². The van der Waals surface area contributed by atoms with Crippen LogP contribution in [0, 0.1) is 0 Å². The Bertz CT molecular complexity index is 1480. The van der Waals surface area contributed by atoms with Gasteiger partial charge in [0.05, 0.1) is 56.0 Å². The molecule has 4 heterocycles. The standard InChI is InChI=1S/C25H29F5N8O5/c1-12(42-13(2)25(28,29)30)19(34-22(39)21-20(14-4-5-14)35-43-36-21)16-8-38-18(33-16)6-15(7-32-38)17(9-41-3)37-11-24(26,27)10-31-23(37)40/h6-8,12-14,17,19H,4-5,9-11H2,1-3H3,(H,31,40)(H,34,39)/t12-,13-,17-,19?/m1/s1. The second kappa shape index (κ2) is 11.6. The van der Waals surface area contributed by atoms with E-state index in [2.05, 4.69) is 31.0 Å². The van der Waals surface area contributed by atoms with Gasteiger partial charge >= 0.3 is 12.2 Å². The van der Waals surface area contributed by atoms with E-state index in [1.54, 1.807) is 0 Å². The Hall–Kier alpha value is -3.93. The molecule has 5 rings (SSSR count). The highest BCUT2D eigenvalue weighted by molar-refractivity contribution is 5.93. The summed E-state index contributed by atoms with van der Waals surface area (Å²) < 4.78 is 84.7. The van der Waals surface area contributed by atoms with Gasteiger partial charge in [-0.25, -0.2) is 27.7 Å². The van der Waals surface area contributed by atoms with Crippen molar-refractivity contribution in [2.45, 2.75) is 69.0 Å². The number of urea groups is 1. The van der Waals surface area contributed by atoms with Gasteiger partial charge < -0.3 is 25.0 Å². The molecule has 1 unspecified atom stereocenters. The van der Waals surface area contributed by atoms with Crippen molar-refractivity contribution >= 4 is 17.6 Å². The highest BCUT2D eigenvalue weighted by Crippen LogP contribution is 2.40. The number of aromatic nitrogens is 5. The lowest BCUT2D eigenvalue weighted by molar-refractivity contribution is -0.227. The normalized spacial score (nSPS) is 20.0. The van der Waals surface area contributed by atoms with Gasteiger partial charge in [0.15, 0.2) is 17.4 Å². The predicted octanol–water partition coefficient (Wildman–Crippen LogP) is 3.16. The van der Waals surface area contributed by atoms with E-state index in [1.165, 1.54) is 37.0 Å². The van der Waals surface area contributed by atoms with Crippen molar-refractivity contribution in [3.63, 3.8) is 0 Å². The molecule has 18 heteroatoms. The van der Waals surface area contributed by atoms with Gasteiger partial charge in [0.1, 0.15) is 5.69 Å². The lowest BCUT2D eigenvalue weighted by Crippen LogP contribution is -2.58. The van der Waals surface area contributed by atoms with Crippen LogP contribution in [0.15, 0.2) is 23.1 Å². The molecule has 2 fully saturated rings. The van der Waals surface area contributed by atoms with Crippen LogP contribution in [0.5, 0.6) is 0 Å². The number of ether oxygens (including phenoxy) is 2. The molecule has 0 bridgehead atoms. The summed E-state index contributed by atoms with van der Waals surface area (Å²) in [7, 11) is 1.35. The van der Waals surface area contributed by atoms with Crippen molar-refractivity contribution in [2.75, 3.05) is 26.8 Å². The predicted molar refractivity (Wildman–Crippen MR) is 135 cm³/mol. The molecule has 1 aliphatic heterocycles. The average molecular weight is 617 g/mol. The number of amides is 3. The number of hydrogen-bond acceptors (Lipinski definition) is 9. The van der Waals surface area contributed by atoms with Crippen molar-refractivity contribution in [2.24, 2.45) is 0 Å². The Morgan fingerprint density at radius 1 is 1.28 bits per heavy atom. The Morgan fingerprint density at radius 2 is 2.02 bits per heavy atom. The zero-order valence-corrected chi connectivity index (χ0v) is 23.3. The summed E-state index contributed by atoms with van der Waals surface area (Å²) in [6.07, 6.45) is -3.76. The molecule has 4 atom stereocenters. The lowest BCUT2D eigenvalue weighted by Gasteiger charge is -2.38. The molecule has 43 heavy (non-hydrogen) atoms. The van der Waals surface area contributed by atoms with Gasteiger partial charge in [-0.05, 0) is 37.9 Å². The third kappa shape index (κ3) is 6.69. The number of fused-ring (bicyclic) bond motifs is 1. The zero-order chi connectivity index (χ0) is 31.1. The molecule has 0 radical (unpaired) electrons. The molecule has 1 saturated heterocycles. The minimum Gasteiger partial charge on any atom is -0.382 e. The number of methoxy groups -OCH3 is 1. The smallest absolute Gasteiger partial charge is 0.382 e. The molecule has 234 valence electrons. The third-order valence-corrected chi connectivity index (χ3v) is 7.25. The molecule has 3 amide bonds. The van der Waals surface area contributed by atoms with E-state index >= 15 is 0 Å². The molecule has 3 aromatic heterocycles. The minimum atomic E-state index is -4.67. The topological polar surface area (TPSA) is 149 Å². The van der Waals surface area contributed by atoms with Crippen LogP contribution in [0.2, 0.25) is 0 Å². The first-order valence-electron chi connectivity index (χ1n) is 13.4. The maximum absolute atomic E-state index is 14.1. The van der Waals surface area contributed by atoms with Crippen molar-refractivity contribution in [1.82, 2.24) is 40.4 Å². The van der Waals surface area contributed by atoms with Gasteiger partial charge in [0, 0.05) is 18.6 Å². The van der Waals surface area contributed by atoms with Gasteiger partial charge in [-0.2, -0.15) is 18.3 Å². The number of imidazole rings is 1. The zero-order valence-electron chi connectivity index (χ0n) is 23.3. The summed E-state index contributed by atoms with van der Waals surface area (Å²) >= 11 is 0. The van der Waals surface area contributed by atoms with E-state index in [1.807, 2.05) is 0 Å². The summed E-state index contributed by atoms with van der Waals surface area (Å²) in [5.74, 6) is -3.92. The Balaban J connectivity index is 1.46. The Kier molecular flexibility index (Phi) is 8.26. The molecule has 3 aromatic rings. The second-order valence-corrected chi connectivity index (χ2v) is 10.6. The molecule has 2 aliphatic rings. The summed E-state index contributed by atoms with van der Waals surface area (Å²) in [6, 6.07) is -1.40. The van der Waals surface area contributed by atoms with Crippen LogP contribution in [-0.2, 0) is 9.47 Å². The fourth-order valence-electron chi connectivity index (χ4n) is 4.80. The Labute approximate surface area is 241 Å². The number of alkyl halides is 5. The van der Waals surface area contributed by atoms with E-state index in [0.29, 0.717) is 11.3 Å². The van der Waals surface area contributed by atoms with E-state index < -0.39 is 61.4 Å². The van der Waals surface area contributed by atoms with Crippen LogP contribution in [0.3, 0.4) is 0 Å². The number of carbonyl (C=O) groups excluding carboxylic acids is 2. The summed E-state index contributed by atoms with van der Waals surface area (Å²) in [5, 5.41) is 16.5. The summed E-state index contributed by atoms with van der Waals surface area (Å²) in [5.41, 5.74) is 0.834. The molecule has 2 N–H and O–H groups in total. The average Bonchev–Trinajstić information content (AvgIpc) is 3.50. The second-order valence-electron chi connectivity index (χ2n) is 10.6. The molecule has 0 spiro atoms. The molecular formula is C25H29F5N8O5. The van der Waals surface area contributed by atoms with Crippen molar-refractivity contribution in [3.05, 3.63) is 41.1 Å². The highest BCUT2D eigenvalue weighted by atomic mass is 19.4. The number of nitrogens with one attached hydrogen (secondary N) is 2. The van der Waals surface area contributed by atoms with Crippen LogP contribution < -0.4 is 10.6 Å². The van der Waals surface area contributed by atoms with Crippen molar-refractivity contribution in [3.8, 4) is 0 Å². The fourth-order valence-corrected chi connectivity index (χ4v) is 4.80. The van der Waals surface area contributed by atoms with Crippen LogP contribution >= 0.6 is 0 Å². The fraction of sp³-hybridized carbons (Fsp3) is 0.600. The van der Waals surface area contributed by atoms with Crippen LogP contribution in [0.4, 0.5) is 26.7 Å². The SMILES string of the molecule is COC[C@H](c1cnn2cc(C(NC(=O)c3nonc3C3CC3)[C@@H](C)O[C@H](C)C(F)(F)F)nc2c1)N1CC(F)(F)CNC1=O. The van der Waals surface area contributed by atoms with Gasteiger partial charge in [-0.1, -0.05) is 5.16 Å². The number of hydrogen-bond donors (Lipinski definition) is 2. The Morgan fingerprint density at radius 3 is 2.70 bits per heavy atom. The van der Waals surface area contributed by atoms with Crippen molar-refractivity contribution in [1.29, 1.82) is 0 Å².